The normalized spacial score (nSPS) is 23.1. The first-order valence-electron chi connectivity index (χ1n) is 4.43. The molecule has 0 aromatic rings. The van der Waals surface area contributed by atoms with Crippen LogP contribution in [0, 0.1) is 23.2 Å². The summed E-state index contributed by atoms with van der Waals surface area (Å²) in [6, 6.07) is 2.18. The molecule has 0 bridgehead atoms. The average Bonchev–Trinajstić information content (AvgIpc) is 2.03. The Bertz CT molecular complexity index is 263. The SMILES string of the molecule is CC1=CC(C#N)=CCC1C(C)C. The van der Waals surface area contributed by atoms with Crippen molar-refractivity contribution in [3.8, 4) is 6.07 Å². The molecule has 0 radical (unpaired) electrons. The quantitative estimate of drug-likeness (QED) is 0.579. The van der Waals surface area contributed by atoms with Gasteiger partial charge >= 0.3 is 0 Å². The molecule has 1 nitrogen and oxygen atoms in total. The highest BCUT2D eigenvalue weighted by Crippen LogP contribution is 2.29. The van der Waals surface area contributed by atoms with Gasteiger partial charge in [-0.25, -0.2) is 0 Å². The second-order valence-corrected chi connectivity index (χ2v) is 3.75. The van der Waals surface area contributed by atoms with Crippen LogP contribution in [0.2, 0.25) is 0 Å². The highest BCUT2D eigenvalue weighted by Gasteiger charge is 2.17. The second kappa shape index (κ2) is 3.58. The minimum Gasteiger partial charge on any atom is -0.192 e. The fourth-order valence-electron chi connectivity index (χ4n) is 1.73. The van der Waals surface area contributed by atoms with Gasteiger partial charge in [0.1, 0.15) is 0 Å². The van der Waals surface area contributed by atoms with E-state index >= 15 is 0 Å². The third kappa shape index (κ3) is 1.76. The van der Waals surface area contributed by atoms with E-state index in [0.717, 1.165) is 12.0 Å². The molecule has 1 rings (SSSR count). The summed E-state index contributed by atoms with van der Waals surface area (Å²) in [6.07, 6.45) is 5.08. The number of rotatable bonds is 1. The van der Waals surface area contributed by atoms with E-state index in [1.54, 1.807) is 0 Å². The largest absolute Gasteiger partial charge is 0.192 e. The van der Waals surface area contributed by atoms with E-state index in [0.29, 0.717) is 11.8 Å². The molecule has 0 aliphatic heterocycles. The molecule has 1 atom stereocenters. The lowest BCUT2D eigenvalue weighted by Crippen LogP contribution is -2.12. The standard InChI is InChI=1S/C11H15N/c1-8(2)11-5-4-10(7-12)6-9(11)3/h4,6,8,11H,5H2,1-3H3. The van der Waals surface area contributed by atoms with Crippen LogP contribution in [0.5, 0.6) is 0 Å². The number of nitrogens with zero attached hydrogens (tertiary/aromatic N) is 1. The van der Waals surface area contributed by atoms with Crippen LogP contribution in [0.15, 0.2) is 23.3 Å². The molecular formula is C11H15N. The van der Waals surface area contributed by atoms with Crippen LogP contribution in [0.25, 0.3) is 0 Å². The smallest absolute Gasteiger partial charge is 0.0988 e. The predicted molar refractivity (Wildman–Crippen MR) is 50.4 cm³/mol. The first-order valence-corrected chi connectivity index (χ1v) is 4.43. The maximum absolute atomic E-state index is 8.67. The lowest BCUT2D eigenvalue weighted by Gasteiger charge is -2.23. The van der Waals surface area contributed by atoms with Gasteiger partial charge in [0.15, 0.2) is 0 Å². The molecule has 0 amide bonds. The lowest BCUT2D eigenvalue weighted by molar-refractivity contribution is 0.443. The van der Waals surface area contributed by atoms with E-state index < -0.39 is 0 Å². The molecule has 0 N–H and O–H groups in total. The summed E-state index contributed by atoms with van der Waals surface area (Å²) < 4.78 is 0. The van der Waals surface area contributed by atoms with Crippen LogP contribution in [-0.4, -0.2) is 0 Å². The van der Waals surface area contributed by atoms with Gasteiger partial charge in [0, 0.05) is 5.57 Å². The maximum Gasteiger partial charge on any atom is 0.0988 e. The summed E-state index contributed by atoms with van der Waals surface area (Å²) in [5, 5.41) is 8.67. The van der Waals surface area contributed by atoms with E-state index in [1.165, 1.54) is 5.57 Å². The highest BCUT2D eigenvalue weighted by atomic mass is 14.3. The van der Waals surface area contributed by atoms with E-state index in [-0.39, 0.29) is 0 Å². The van der Waals surface area contributed by atoms with Crippen molar-refractivity contribution < 1.29 is 0 Å². The Morgan fingerprint density at radius 2 is 2.25 bits per heavy atom. The molecule has 64 valence electrons. The first kappa shape index (κ1) is 9.06. The molecule has 0 aromatic carbocycles. The van der Waals surface area contributed by atoms with Gasteiger partial charge in [-0.05, 0) is 31.3 Å². The molecule has 0 spiro atoms. The van der Waals surface area contributed by atoms with Crippen molar-refractivity contribution in [2.75, 3.05) is 0 Å². The molecule has 1 aliphatic carbocycles. The molecule has 12 heavy (non-hydrogen) atoms. The Kier molecular flexibility index (Phi) is 2.70. The van der Waals surface area contributed by atoms with Gasteiger partial charge in [-0.1, -0.05) is 25.5 Å². The summed E-state index contributed by atoms with van der Waals surface area (Å²) in [7, 11) is 0. The zero-order valence-electron chi connectivity index (χ0n) is 7.96. The lowest BCUT2D eigenvalue weighted by atomic mass is 9.82. The Morgan fingerprint density at radius 3 is 2.67 bits per heavy atom. The molecule has 0 saturated heterocycles. The van der Waals surface area contributed by atoms with Gasteiger partial charge in [0.05, 0.1) is 6.07 Å². The van der Waals surface area contributed by atoms with Crippen LogP contribution in [0.3, 0.4) is 0 Å². The summed E-state index contributed by atoms with van der Waals surface area (Å²) in [6.45, 7) is 6.58. The zero-order valence-corrected chi connectivity index (χ0v) is 7.96. The maximum atomic E-state index is 8.67. The van der Waals surface area contributed by atoms with Gasteiger partial charge in [0.2, 0.25) is 0 Å². The minimum absolute atomic E-state index is 0.641. The van der Waals surface area contributed by atoms with Gasteiger partial charge < -0.3 is 0 Å². The summed E-state index contributed by atoms with van der Waals surface area (Å²) in [5.74, 6) is 1.32. The molecule has 1 unspecified atom stereocenters. The van der Waals surface area contributed by atoms with Crippen LogP contribution < -0.4 is 0 Å². The summed E-state index contributed by atoms with van der Waals surface area (Å²) >= 11 is 0. The van der Waals surface area contributed by atoms with Gasteiger partial charge in [-0.15, -0.1) is 0 Å². The van der Waals surface area contributed by atoms with Crippen LogP contribution in [0.1, 0.15) is 27.2 Å². The monoisotopic (exact) mass is 161 g/mol. The molecule has 1 aliphatic rings. The van der Waals surface area contributed by atoms with Crippen LogP contribution >= 0.6 is 0 Å². The number of nitriles is 1. The molecule has 0 aromatic heterocycles. The van der Waals surface area contributed by atoms with Crippen molar-refractivity contribution >= 4 is 0 Å². The third-order valence-corrected chi connectivity index (χ3v) is 2.49. The fourth-order valence-corrected chi connectivity index (χ4v) is 1.73. The fraction of sp³-hybridized carbons (Fsp3) is 0.545. The van der Waals surface area contributed by atoms with Gasteiger partial charge in [-0.2, -0.15) is 5.26 Å². The van der Waals surface area contributed by atoms with Gasteiger partial charge in [0.25, 0.3) is 0 Å². The second-order valence-electron chi connectivity index (χ2n) is 3.75. The van der Waals surface area contributed by atoms with Crippen molar-refractivity contribution in [2.45, 2.75) is 27.2 Å². The predicted octanol–water partition coefficient (Wildman–Crippen LogP) is 3.06. The van der Waals surface area contributed by atoms with Crippen molar-refractivity contribution in [3.63, 3.8) is 0 Å². The van der Waals surface area contributed by atoms with Crippen molar-refractivity contribution in [3.05, 3.63) is 23.3 Å². The zero-order chi connectivity index (χ0) is 9.14. The van der Waals surface area contributed by atoms with Crippen molar-refractivity contribution in [2.24, 2.45) is 11.8 Å². The van der Waals surface area contributed by atoms with E-state index in [9.17, 15) is 0 Å². The molecule has 0 heterocycles. The topological polar surface area (TPSA) is 23.8 Å². The summed E-state index contributed by atoms with van der Waals surface area (Å²) in [5.41, 5.74) is 2.17. The van der Waals surface area contributed by atoms with E-state index in [2.05, 4.69) is 26.8 Å². The van der Waals surface area contributed by atoms with Crippen molar-refractivity contribution in [1.29, 1.82) is 5.26 Å². The van der Waals surface area contributed by atoms with Crippen LogP contribution in [-0.2, 0) is 0 Å². The molecule has 0 saturated carbocycles. The minimum atomic E-state index is 0.641. The Hall–Kier alpha value is -1.03. The van der Waals surface area contributed by atoms with Crippen LogP contribution in [0.4, 0.5) is 0 Å². The third-order valence-electron chi connectivity index (χ3n) is 2.49. The highest BCUT2D eigenvalue weighted by molar-refractivity contribution is 5.38. The van der Waals surface area contributed by atoms with Crippen molar-refractivity contribution in [1.82, 2.24) is 0 Å². The molecule has 0 fully saturated rings. The summed E-state index contributed by atoms with van der Waals surface area (Å²) in [4.78, 5) is 0. The number of hydrogen-bond acceptors (Lipinski definition) is 1. The molecule has 1 heteroatoms. The Balaban J connectivity index is 2.78. The van der Waals surface area contributed by atoms with E-state index in [4.69, 9.17) is 5.26 Å². The van der Waals surface area contributed by atoms with Gasteiger partial charge in [-0.3, -0.25) is 0 Å². The average molecular weight is 161 g/mol. The first-order chi connectivity index (χ1) is 5.65. The number of hydrogen-bond donors (Lipinski definition) is 0. The Labute approximate surface area is 74.4 Å². The van der Waals surface area contributed by atoms with E-state index in [1.807, 2.05) is 12.2 Å². The number of allylic oxidation sites excluding steroid dienone is 4. The Morgan fingerprint density at radius 1 is 1.58 bits per heavy atom. The molecular weight excluding hydrogens is 146 g/mol.